The molecule has 98 valence electrons. The van der Waals surface area contributed by atoms with Crippen molar-refractivity contribution in [2.24, 2.45) is 0 Å². The van der Waals surface area contributed by atoms with E-state index in [2.05, 4.69) is 4.98 Å². The van der Waals surface area contributed by atoms with Crippen LogP contribution in [0.5, 0.6) is 0 Å². The SMILES string of the molecule is O=C(O)c1c[nH]c2c(C3CC3)c(Cl)c(F)cc2c1=O. The van der Waals surface area contributed by atoms with Crippen molar-refractivity contribution in [2.45, 2.75) is 18.8 Å². The highest BCUT2D eigenvalue weighted by Crippen LogP contribution is 2.46. The lowest BCUT2D eigenvalue weighted by Gasteiger charge is -2.09. The number of aromatic amines is 1. The Kier molecular flexibility index (Phi) is 2.60. The number of nitrogens with one attached hydrogen (secondary N) is 1. The summed E-state index contributed by atoms with van der Waals surface area (Å²) in [4.78, 5) is 25.7. The average Bonchev–Trinajstić information content (AvgIpc) is 3.16. The van der Waals surface area contributed by atoms with E-state index < -0.39 is 22.8 Å². The zero-order valence-corrected chi connectivity index (χ0v) is 10.4. The maximum Gasteiger partial charge on any atom is 0.341 e. The van der Waals surface area contributed by atoms with Crippen molar-refractivity contribution >= 4 is 28.5 Å². The molecule has 2 N–H and O–H groups in total. The zero-order chi connectivity index (χ0) is 13.7. The fraction of sp³-hybridized carbons (Fsp3) is 0.231. The van der Waals surface area contributed by atoms with Crippen LogP contribution in [0.3, 0.4) is 0 Å². The number of carboxylic acid groups (broad SMARTS) is 1. The van der Waals surface area contributed by atoms with Gasteiger partial charge >= 0.3 is 5.97 Å². The normalized spacial score (nSPS) is 14.8. The molecule has 4 nitrogen and oxygen atoms in total. The molecule has 1 fully saturated rings. The summed E-state index contributed by atoms with van der Waals surface area (Å²) in [5.41, 5.74) is -0.0932. The van der Waals surface area contributed by atoms with E-state index in [1.54, 1.807) is 0 Å². The maximum absolute atomic E-state index is 13.8. The van der Waals surface area contributed by atoms with Gasteiger partial charge in [0.15, 0.2) is 0 Å². The molecule has 1 saturated carbocycles. The molecule has 0 atom stereocenters. The molecule has 0 amide bonds. The van der Waals surface area contributed by atoms with E-state index in [0.717, 1.165) is 25.1 Å². The Labute approximate surface area is 111 Å². The van der Waals surface area contributed by atoms with Crippen molar-refractivity contribution < 1.29 is 14.3 Å². The van der Waals surface area contributed by atoms with E-state index in [1.165, 1.54) is 0 Å². The number of rotatable bonds is 2. The molecule has 1 aromatic heterocycles. The predicted octanol–water partition coefficient (Wildman–Crippen LogP) is 2.90. The molecule has 0 bridgehead atoms. The van der Waals surface area contributed by atoms with Crippen LogP contribution in [0.2, 0.25) is 5.02 Å². The van der Waals surface area contributed by atoms with E-state index >= 15 is 0 Å². The van der Waals surface area contributed by atoms with Crippen LogP contribution in [0.15, 0.2) is 17.1 Å². The number of pyridine rings is 1. The number of benzene rings is 1. The van der Waals surface area contributed by atoms with Crippen LogP contribution in [0, 0.1) is 5.82 Å². The summed E-state index contributed by atoms with van der Waals surface area (Å²) in [7, 11) is 0. The molecule has 0 spiro atoms. The third-order valence-corrected chi connectivity index (χ3v) is 3.71. The first kappa shape index (κ1) is 12.2. The van der Waals surface area contributed by atoms with Gasteiger partial charge in [-0.2, -0.15) is 0 Å². The minimum Gasteiger partial charge on any atom is -0.477 e. The van der Waals surface area contributed by atoms with Crippen LogP contribution in [0.1, 0.15) is 34.7 Å². The zero-order valence-electron chi connectivity index (χ0n) is 9.67. The van der Waals surface area contributed by atoms with Crippen molar-refractivity contribution in [3.8, 4) is 0 Å². The molecule has 19 heavy (non-hydrogen) atoms. The van der Waals surface area contributed by atoms with Crippen LogP contribution in [0.4, 0.5) is 4.39 Å². The van der Waals surface area contributed by atoms with Gasteiger partial charge in [-0.05, 0) is 24.8 Å². The molecular weight excluding hydrogens is 273 g/mol. The quantitative estimate of drug-likeness (QED) is 0.889. The number of aromatic carboxylic acids is 1. The summed E-state index contributed by atoms with van der Waals surface area (Å²) < 4.78 is 13.8. The molecule has 1 heterocycles. The first-order valence-corrected chi connectivity index (χ1v) is 6.15. The Morgan fingerprint density at radius 1 is 1.47 bits per heavy atom. The van der Waals surface area contributed by atoms with Gasteiger partial charge in [-0.1, -0.05) is 11.6 Å². The minimum atomic E-state index is -1.34. The number of H-pyrrole nitrogens is 1. The predicted molar refractivity (Wildman–Crippen MR) is 68.5 cm³/mol. The van der Waals surface area contributed by atoms with E-state index in [9.17, 15) is 14.0 Å². The highest BCUT2D eigenvalue weighted by Gasteiger charge is 2.30. The summed E-state index contributed by atoms with van der Waals surface area (Å²) >= 11 is 5.95. The third-order valence-electron chi connectivity index (χ3n) is 3.32. The maximum atomic E-state index is 13.8. The van der Waals surface area contributed by atoms with Crippen LogP contribution in [-0.2, 0) is 0 Å². The van der Waals surface area contributed by atoms with E-state index in [-0.39, 0.29) is 16.3 Å². The molecule has 0 aliphatic heterocycles. The number of fused-ring (bicyclic) bond motifs is 1. The monoisotopic (exact) mass is 281 g/mol. The van der Waals surface area contributed by atoms with Crippen molar-refractivity contribution in [1.82, 2.24) is 4.98 Å². The van der Waals surface area contributed by atoms with Gasteiger partial charge in [-0.15, -0.1) is 0 Å². The lowest BCUT2D eigenvalue weighted by molar-refractivity contribution is 0.0695. The van der Waals surface area contributed by atoms with E-state index in [0.29, 0.717) is 11.1 Å². The van der Waals surface area contributed by atoms with Crippen LogP contribution >= 0.6 is 11.6 Å². The summed E-state index contributed by atoms with van der Waals surface area (Å²) in [5, 5.41) is 8.94. The molecule has 1 aliphatic carbocycles. The lowest BCUT2D eigenvalue weighted by Crippen LogP contribution is -2.16. The summed E-state index contributed by atoms with van der Waals surface area (Å²) in [6, 6.07) is 0.995. The number of halogens is 2. The Morgan fingerprint density at radius 3 is 2.74 bits per heavy atom. The molecule has 0 radical (unpaired) electrons. The second-order valence-electron chi connectivity index (χ2n) is 4.62. The topological polar surface area (TPSA) is 70.2 Å². The van der Waals surface area contributed by atoms with Crippen LogP contribution in [-0.4, -0.2) is 16.1 Å². The van der Waals surface area contributed by atoms with Gasteiger partial charge in [-0.25, -0.2) is 9.18 Å². The number of hydrogen-bond acceptors (Lipinski definition) is 2. The molecule has 3 rings (SSSR count). The molecule has 1 aromatic carbocycles. The fourth-order valence-electron chi connectivity index (χ4n) is 2.25. The van der Waals surface area contributed by atoms with Crippen molar-refractivity contribution in [2.75, 3.05) is 0 Å². The fourth-order valence-corrected chi connectivity index (χ4v) is 2.55. The second kappa shape index (κ2) is 4.06. The average molecular weight is 282 g/mol. The van der Waals surface area contributed by atoms with Gasteiger partial charge in [0, 0.05) is 17.1 Å². The minimum absolute atomic E-state index is 0.00808. The van der Waals surface area contributed by atoms with Gasteiger partial charge in [0.2, 0.25) is 5.43 Å². The van der Waals surface area contributed by atoms with E-state index in [1.807, 2.05) is 0 Å². The molecule has 0 saturated heterocycles. The Hall–Kier alpha value is -1.88. The summed E-state index contributed by atoms with van der Waals surface area (Å²) in [6.45, 7) is 0. The van der Waals surface area contributed by atoms with Gasteiger partial charge in [0.1, 0.15) is 11.4 Å². The van der Waals surface area contributed by atoms with Crippen molar-refractivity contribution in [3.05, 3.63) is 44.5 Å². The van der Waals surface area contributed by atoms with Crippen molar-refractivity contribution in [1.29, 1.82) is 0 Å². The number of carboxylic acids is 1. The first-order valence-electron chi connectivity index (χ1n) is 5.77. The van der Waals surface area contributed by atoms with E-state index in [4.69, 9.17) is 16.7 Å². The Morgan fingerprint density at radius 2 is 2.16 bits per heavy atom. The van der Waals surface area contributed by atoms with Gasteiger partial charge in [-0.3, -0.25) is 4.79 Å². The second-order valence-corrected chi connectivity index (χ2v) is 5.00. The number of hydrogen-bond donors (Lipinski definition) is 2. The number of carbonyl (C=O) groups is 1. The van der Waals surface area contributed by atoms with Crippen molar-refractivity contribution in [3.63, 3.8) is 0 Å². The molecule has 6 heteroatoms. The largest absolute Gasteiger partial charge is 0.477 e. The molecule has 2 aromatic rings. The van der Waals surface area contributed by atoms with Gasteiger partial charge in [0.05, 0.1) is 10.5 Å². The molecule has 1 aliphatic rings. The number of aromatic nitrogens is 1. The highest BCUT2D eigenvalue weighted by atomic mass is 35.5. The van der Waals surface area contributed by atoms with Gasteiger partial charge in [0.25, 0.3) is 0 Å². The summed E-state index contributed by atoms with van der Waals surface area (Å²) in [6.07, 6.45) is 2.91. The summed E-state index contributed by atoms with van der Waals surface area (Å²) in [5.74, 6) is -1.90. The van der Waals surface area contributed by atoms with Gasteiger partial charge < -0.3 is 10.1 Å². The highest BCUT2D eigenvalue weighted by molar-refractivity contribution is 6.32. The third kappa shape index (κ3) is 1.81. The standard InChI is InChI=1S/C13H9ClFNO3/c14-10-8(15)3-6-11(9(10)5-1-2-5)16-4-7(12(6)17)13(18)19/h3-5H,1-2H2,(H,16,17)(H,18,19). The smallest absolute Gasteiger partial charge is 0.341 e. The Bertz CT molecular complexity index is 765. The Balaban J connectivity index is 2.43. The van der Waals surface area contributed by atoms with Crippen LogP contribution < -0.4 is 5.43 Å². The lowest BCUT2D eigenvalue weighted by atomic mass is 10.0. The molecular formula is C13H9ClFNO3. The van der Waals surface area contributed by atoms with Crippen LogP contribution in [0.25, 0.3) is 10.9 Å². The molecule has 0 unspecified atom stereocenters. The first-order chi connectivity index (χ1) is 9.00.